The van der Waals surface area contributed by atoms with E-state index in [2.05, 4.69) is 0 Å². The van der Waals surface area contributed by atoms with Gasteiger partial charge in [-0.15, -0.1) is 0 Å². The SMILES string of the molecule is COc1c(C)c(O)c(Cc2c(O)c(C)c(OC)c(C(=O)C(C)C)c2O)c(O)c1C(=O)C(C)C. The van der Waals surface area contributed by atoms with Crippen LogP contribution in [0.5, 0.6) is 34.5 Å². The lowest BCUT2D eigenvalue weighted by Crippen LogP contribution is -2.13. The molecule has 2 aromatic carbocycles. The predicted molar refractivity (Wildman–Crippen MR) is 123 cm³/mol. The smallest absolute Gasteiger partial charge is 0.172 e. The van der Waals surface area contributed by atoms with Crippen LogP contribution in [0, 0.1) is 25.7 Å². The fraction of sp³-hybridized carbons (Fsp3) is 0.440. The van der Waals surface area contributed by atoms with Crippen LogP contribution in [0.1, 0.15) is 70.7 Å². The van der Waals surface area contributed by atoms with Crippen LogP contribution in [-0.4, -0.2) is 46.2 Å². The quantitative estimate of drug-likeness (QED) is 0.426. The number of rotatable bonds is 8. The van der Waals surface area contributed by atoms with E-state index in [0.717, 1.165) is 0 Å². The Balaban J connectivity index is 2.89. The van der Waals surface area contributed by atoms with Gasteiger partial charge in [-0.2, -0.15) is 0 Å². The van der Waals surface area contributed by atoms with Crippen LogP contribution < -0.4 is 9.47 Å². The maximum absolute atomic E-state index is 12.8. The van der Waals surface area contributed by atoms with Crippen molar-refractivity contribution in [3.05, 3.63) is 33.4 Å². The summed E-state index contributed by atoms with van der Waals surface area (Å²) in [5, 5.41) is 43.6. The second-order valence-electron chi connectivity index (χ2n) is 8.63. The monoisotopic (exact) mass is 460 g/mol. The zero-order valence-corrected chi connectivity index (χ0v) is 20.3. The number of aromatic hydroxyl groups is 4. The molecule has 0 heterocycles. The Morgan fingerprint density at radius 3 is 1.21 bits per heavy atom. The highest BCUT2D eigenvalue weighted by molar-refractivity contribution is 6.05. The maximum Gasteiger partial charge on any atom is 0.172 e. The van der Waals surface area contributed by atoms with Crippen molar-refractivity contribution >= 4 is 11.6 Å². The van der Waals surface area contributed by atoms with Crippen molar-refractivity contribution in [1.29, 1.82) is 0 Å². The highest BCUT2D eigenvalue weighted by atomic mass is 16.5. The third kappa shape index (κ3) is 4.29. The number of phenolic OH excluding ortho intramolecular Hbond substituents is 4. The number of benzene rings is 2. The number of carbonyl (C=O) groups is 2. The minimum atomic E-state index is -0.516. The molecule has 0 atom stereocenters. The molecule has 0 spiro atoms. The lowest BCUT2D eigenvalue weighted by atomic mass is 9.88. The van der Waals surface area contributed by atoms with Crippen molar-refractivity contribution in [2.75, 3.05) is 14.2 Å². The third-order valence-electron chi connectivity index (χ3n) is 5.77. The molecule has 0 aliphatic heterocycles. The van der Waals surface area contributed by atoms with Gasteiger partial charge in [0.2, 0.25) is 0 Å². The first-order valence-corrected chi connectivity index (χ1v) is 10.6. The lowest BCUT2D eigenvalue weighted by Gasteiger charge is -2.22. The van der Waals surface area contributed by atoms with Gasteiger partial charge in [-0.3, -0.25) is 9.59 Å². The minimum absolute atomic E-state index is 0.0440. The van der Waals surface area contributed by atoms with Gasteiger partial charge in [-0.05, 0) is 13.8 Å². The summed E-state index contributed by atoms with van der Waals surface area (Å²) in [4.78, 5) is 25.6. The molecule has 0 unspecified atom stereocenters. The molecule has 33 heavy (non-hydrogen) atoms. The number of methoxy groups -OCH3 is 2. The van der Waals surface area contributed by atoms with Crippen molar-refractivity contribution in [3.8, 4) is 34.5 Å². The second-order valence-corrected chi connectivity index (χ2v) is 8.63. The molecular formula is C25H32O8. The average Bonchev–Trinajstić information content (AvgIpc) is 2.76. The molecule has 180 valence electrons. The summed E-state index contributed by atoms with van der Waals surface area (Å²) >= 11 is 0. The van der Waals surface area contributed by atoms with Gasteiger partial charge >= 0.3 is 0 Å². The number of ether oxygens (including phenoxy) is 2. The van der Waals surface area contributed by atoms with Crippen molar-refractivity contribution in [2.24, 2.45) is 11.8 Å². The zero-order valence-electron chi connectivity index (χ0n) is 20.3. The Labute approximate surface area is 193 Å². The van der Waals surface area contributed by atoms with E-state index < -0.39 is 34.9 Å². The van der Waals surface area contributed by atoms with Crippen LogP contribution in [0.25, 0.3) is 0 Å². The molecular weight excluding hydrogens is 428 g/mol. The summed E-state index contributed by atoms with van der Waals surface area (Å²) in [6.07, 6.45) is -0.359. The molecule has 0 saturated carbocycles. The summed E-state index contributed by atoms with van der Waals surface area (Å²) in [7, 11) is 2.65. The van der Waals surface area contributed by atoms with Crippen molar-refractivity contribution in [2.45, 2.75) is 48.0 Å². The van der Waals surface area contributed by atoms with E-state index in [1.165, 1.54) is 28.1 Å². The molecule has 2 rings (SSSR count). The number of ketones is 2. The van der Waals surface area contributed by atoms with E-state index in [0.29, 0.717) is 0 Å². The first-order chi connectivity index (χ1) is 15.3. The highest BCUT2D eigenvalue weighted by Crippen LogP contribution is 2.48. The van der Waals surface area contributed by atoms with E-state index in [-0.39, 0.29) is 62.8 Å². The Morgan fingerprint density at radius 2 is 0.970 bits per heavy atom. The fourth-order valence-electron chi connectivity index (χ4n) is 3.84. The average molecular weight is 461 g/mol. The van der Waals surface area contributed by atoms with Gasteiger partial charge < -0.3 is 29.9 Å². The number of hydrogen-bond acceptors (Lipinski definition) is 8. The molecule has 0 amide bonds. The van der Waals surface area contributed by atoms with E-state index in [9.17, 15) is 30.0 Å². The van der Waals surface area contributed by atoms with Crippen LogP contribution in [-0.2, 0) is 6.42 Å². The Kier molecular flexibility index (Phi) is 7.52. The number of carbonyl (C=O) groups excluding carboxylic acids is 2. The van der Waals surface area contributed by atoms with Gasteiger partial charge in [-0.1, -0.05) is 27.7 Å². The summed E-state index contributed by atoms with van der Waals surface area (Å²) in [5.74, 6) is -3.39. The van der Waals surface area contributed by atoms with E-state index in [1.54, 1.807) is 27.7 Å². The first kappa shape index (κ1) is 25.8. The number of phenols is 4. The van der Waals surface area contributed by atoms with Gasteiger partial charge in [0, 0.05) is 40.5 Å². The standard InChI is InChI=1S/C25H32O8/c1-10(2)18(26)16-22(30)14(20(28)12(5)24(16)32-7)9-15-21(29)13(6)25(33-8)17(23(15)31)19(27)11(3)4/h10-11,28-31H,9H2,1-8H3. The van der Waals surface area contributed by atoms with E-state index in [1.807, 2.05) is 0 Å². The molecule has 2 aromatic rings. The molecule has 8 heteroatoms. The predicted octanol–water partition coefficient (Wildman–Crippen LogP) is 4.41. The summed E-state index contributed by atoms with van der Waals surface area (Å²) in [6, 6.07) is 0. The largest absolute Gasteiger partial charge is 0.507 e. The molecule has 0 fully saturated rings. The third-order valence-corrected chi connectivity index (χ3v) is 5.77. The van der Waals surface area contributed by atoms with E-state index in [4.69, 9.17) is 9.47 Å². The Bertz CT molecular complexity index is 1030. The van der Waals surface area contributed by atoms with Crippen LogP contribution in [0.4, 0.5) is 0 Å². The van der Waals surface area contributed by atoms with Gasteiger partial charge in [0.25, 0.3) is 0 Å². The van der Waals surface area contributed by atoms with Crippen molar-refractivity contribution in [1.82, 2.24) is 0 Å². The molecule has 0 bridgehead atoms. The van der Waals surface area contributed by atoms with Crippen LogP contribution in [0.15, 0.2) is 0 Å². The summed E-state index contributed by atoms with van der Waals surface area (Å²) in [5.41, 5.74) is 0.0702. The van der Waals surface area contributed by atoms with Crippen molar-refractivity contribution in [3.63, 3.8) is 0 Å². The lowest BCUT2D eigenvalue weighted by molar-refractivity contribution is 0.0925. The molecule has 0 aromatic heterocycles. The van der Waals surface area contributed by atoms with Gasteiger partial charge in [0.05, 0.1) is 14.2 Å². The summed E-state index contributed by atoms with van der Waals surface area (Å²) in [6.45, 7) is 9.71. The number of hydrogen-bond donors (Lipinski definition) is 4. The van der Waals surface area contributed by atoms with Crippen molar-refractivity contribution < 1.29 is 39.5 Å². The molecule has 0 aliphatic rings. The van der Waals surface area contributed by atoms with Crippen LogP contribution >= 0.6 is 0 Å². The van der Waals surface area contributed by atoms with Gasteiger partial charge in [-0.25, -0.2) is 0 Å². The Hall–Kier alpha value is -3.42. The van der Waals surface area contributed by atoms with Gasteiger partial charge in [0.1, 0.15) is 45.6 Å². The van der Waals surface area contributed by atoms with Crippen LogP contribution in [0.2, 0.25) is 0 Å². The first-order valence-electron chi connectivity index (χ1n) is 10.6. The van der Waals surface area contributed by atoms with Crippen LogP contribution in [0.3, 0.4) is 0 Å². The zero-order chi connectivity index (χ0) is 25.4. The number of Topliss-reactive ketones (excluding diaryl/α,β-unsaturated/α-hetero) is 2. The second kappa shape index (κ2) is 9.60. The summed E-state index contributed by atoms with van der Waals surface area (Å²) < 4.78 is 10.6. The van der Waals surface area contributed by atoms with Gasteiger partial charge in [0.15, 0.2) is 11.6 Å². The maximum atomic E-state index is 12.8. The molecule has 0 saturated heterocycles. The molecule has 0 aliphatic carbocycles. The Morgan fingerprint density at radius 1 is 0.667 bits per heavy atom. The highest BCUT2D eigenvalue weighted by Gasteiger charge is 2.32. The fourth-order valence-corrected chi connectivity index (χ4v) is 3.84. The van der Waals surface area contributed by atoms with E-state index >= 15 is 0 Å². The topological polar surface area (TPSA) is 134 Å². The normalized spacial score (nSPS) is 11.2. The molecule has 4 N–H and O–H groups in total. The molecule has 8 nitrogen and oxygen atoms in total. The molecule has 0 radical (unpaired) electrons. The minimum Gasteiger partial charge on any atom is -0.507 e.